The van der Waals surface area contributed by atoms with Crippen LogP contribution in [0.15, 0.2) is 0 Å². The topological polar surface area (TPSA) is 58.4 Å². The van der Waals surface area contributed by atoms with Gasteiger partial charge in [-0.05, 0) is 40.0 Å². The van der Waals surface area contributed by atoms with E-state index in [0.29, 0.717) is 17.5 Å². The first-order chi connectivity index (χ1) is 8.76. The second-order valence-corrected chi connectivity index (χ2v) is 6.61. The number of nitrogens with zero attached hydrogens (tertiary/aromatic N) is 1. The van der Waals surface area contributed by atoms with E-state index < -0.39 is 0 Å². The zero-order chi connectivity index (χ0) is 14.6. The normalized spacial score (nSPS) is 17.3. The summed E-state index contributed by atoms with van der Waals surface area (Å²) in [6.07, 6.45) is 3.95. The molecule has 1 saturated carbocycles. The molecule has 0 aromatic carbocycles. The summed E-state index contributed by atoms with van der Waals surface area (Å²) in [5.41, 5.74) is 5.42. The van der Waals surface area contributed by atoms with Crippen LogP contribution in [0.4, 0.5) is 0 Å². The van der Waals surface area contributed by atoms with Crippen LogP contribution in [-0.4, -0.2) is 40.0 Å². The average Bonchev–Trinajstić information content (AvgIpc) is 3.12. The van der Waals surface area contributed by atoms with Crippen LogP contribution >= 0.6 is 12.2 Å². The van der Waals surface area contributed by atoms with E-state index in [-0.39, 0.29) is 17.5 Å². The quantitative estimate of drug-likeness (QED) is 0.668. The molecular weight excluding hydrogens is 258 g/mol. The standard InChI is InChI=1S/C14H27N3OS/c1-5-14(3,4)16-13(18)10(2)17(11-6-7-11)9-8-12(15)19/h10-11H,5-9H2,1-4H3,(H2,15,19)(H,16,18). The summed E-state index contributed by atoms with van der Waals surface area (Å²) < 4.78 is 0. The molecule has 1 unspecified atom stereocenters. The molecule has 110 valence electrons. The Morgan fingerprint density at radius 1 is 1.53 bits per heavy atom. The fraction of sp³-hybridized carbons (Fsp3) is 0.857. The van der Waals surface area contributed by atoms with E-state index in [2.05, 4.69) is 17.1 Å². The van der Waals surface area contributed by atoms with Crippen LogP contribution < -0.4 is 11.1 Å². The first-order valence-electron chi connectivity index (χ1n) is 7.13. The molecule has 0 spiro atoms. The van der Waals surface area contributed by atoms with Crippen LogP contribution in [0.2, 0.25) is 0 Å². The van der Waals surface area contributed by atoms with Gasteiger partial charge in [-0.2, -0.15) is 0 Å². The number of carbonyl (C=O) groups excluding carboxylic acids is 1. The Labute approximate surface area is 122 Å². The third kappa shape index (κ3) is 5.45. The minimum absolute atomic E-state index is 0.0988. The second kappa shape index (κ2) is 6.66. The highest BCUT2D eigenvalue weighted by Gasteiger charge is 2.35. The van der Waals surface area contributed by atoms with Gasteiger partial charge in [0.05, 0.1) is 11.0 Å². The number of thiocarbonyl (C=S) groups is 1. The van der Waals surface area contributed by atoms with Crippen LogP contribution in [0.25, 0.3) is 0 Å². The third-order valence-electron chi connectivity index (χ3n) is 3.85. The van der Waals surface area contributed by atoms with Gasteiger partial charge < -0.3 is 11.1 Å². The van der Waals surface area contributed by atoms with Gasteiger partial charge in [0, 0.05) is 24.5 Å². The van der Waals surface area contributed by atoms with E-state index in [1.807, 2.05) is 20.8 Å². The minimum Gasteiger partial charge on any atom is -0.393 e. The Morgan fingerprint density at radius 2 is 2.11 bits per heavy atom. The van der Waals surface area contributed by atoms with Crippen LogP contribution in [0.1, 0.15) is 53.4 Å². The summed E-state index contributed by atoms with van der Waals surface area (Å²) in [6, 6.07) is 0.410. The number of hydrogen-bond donors (Lipinski definition) is 2. The predicted octanol–water partition coefficient (Wildman–Crippen LogP) is 1.82. The zero-order valence-corrected chi connectivity index (χ0v) is 13.3. The molecule has 1 fully saturated rings. The van der Waals surface area contributed by atoms with Crippen molar-refractivity contribution in [1.29, 1.82) is 0 Å². The van der Waals surface area contributed by atoms with E-state index in [9.17, 15) is 4.79 Å². The molecule has 0 bridgehead atoms. The molecule has 1 rings (SSSR count). The Kier molecular flexibility index (Phi) is 5.74. The lowest BCUT2D eigenvalue weighted by molar-refractivity contribution is -0.127. The number of rotatable bonds is 8. The predicted molar refractivity (Wildman–Crippen MR) is 83.1 cm³/mol. The molecular formula is C14H27N3OS. The average molecular weight is 285 g/mol. The summed E-state index contributed by atoms with van der Waals surface area (Å²) in [6.45, 7) is 8.93. The van der Waals surface area contributed by atoms with E-state index >= 15 is 0 Å². The van der Waals surface area contributed by atoms with Gasteiger partial charge in [-0.15, -0.1) is 0 Å². The second-order valence-electron chi connectivity index (χ2n) is 6.09. The van der Waals surface area contributed by atoms with Crippen molar-refractivity contribution >= 4 is 23.1 Å². The molecule has 0 heterocycles. The van der Waals surface area contributed by atoms with Crippen LogP contribution in [-0.2, 0) is 4.79 Å². The Hall–Kier alpha value is -0.680. The van der Waals surface area contributed by atoms with Gasteiger partial charge in [0.15, 0.2) is 0 Å². The van der Waals surface area contributed by atoms with Crippen molar-refractivity contribution in [3.63, 3.8) is 0 Å². The third-order valence-corrected chi connectivity index (χ3v) is 4.06. The van der Waals surface area contributed by atoms with Gasteiger partial charge in [-0.1, -0.05) is 19.1 Å². The van der Waals surface area contributed by atoms with Gasteiger partial charge in [-0.3, -0.25) is 9.69 Å². The SMILES string of the molecule is CCC(C)(C)NC(=O)C(C)N(CCC(N)=S)C1CC1. The molecule has 19 heavy (non-hydrogen) atoms. The lowest BCUT2D eigenvalue weighted by Crippen LogP contribution is -2.52. The minimum atomic E-state index is -0.149. The van der Waals surface area contributed by atoms with Gasteiger partial charge in [-0.25, -0.2) is 0 Å². The molecule has 4 nitrogen and oxygen atoms in total. The van der Waals surface area contributed by atoms with Gasteiger partial charge in [0.1, 0.15) is 0 Å². The van der Waals surface area contributed by atoms with Crippen molar-refractivity contribution < 1.29 is 4.79 Å². The fourth-order valence-electron chi connectivity index (χ4n) is 2.01. The lowest BCUT2D eigenvalue weighted by Gasteiger charge is -2.32. The van der Waals surface area contributed by atoms with Crippen molar-refractivity contribution in [2.75, 3.05) is 6.54 Å². The summed E-state index contributed by atoms with van der Waals surface area (Å²) in [4.78, 5) is 15.1. The molecule has 3 N–H and O–H groups in total. The summed E-state index contributed by atoms with van der Waals surface area (Å²) in [5, 5.41) is 3.11. The zero-order valence-electron chi connectivity index (χ0n) is 12.5. The molecule has 0 aromatic heterocycles. The van der Waals surface area contributed by atoms with Gasteiger partial charge >= 0.3 is 0 Å². The van der Waals surface area contributed by atoms with Crippen molar-refractivity contribution in [3.05, 3.63) is 0 Å². The molecule has 1 aliphatic carbocycles. The van der Waals surface area contributed by atoms with Crippen molar-refractivity contribution in [1.82, 2.24) is 10.2 Å². The maximum atomic E-state index is 12.3. The molecule has 5 heteroatoms. The van der Waals surface area contributed by atoms with Crippen molar-refractivity contribution in [2.24, 2.45) is 5.73 Å². The van der Waals surface area contributed by atoms with Crippen LogP contribution in [0.3, 0.4) is 0 Å². The number of carbonyl (C=O) groups is 1. The van der Waals surface area contributed by atoms with Crippen molar-refractivity contribution in [3.8, 4) is 0 Å². The fourth-order valence-corrected chi connectivity index (χ4v) is 2.11. The monoisotopic (exact) mass is 285 g/mol. The maximum Gasteiger partial charge on any atom is 0.237 e. The summed E-state index contributed by atoms with van der Waals surface area (Å²) in [5.74, 6) is 0.0988. The smallest absolute Gasteiger partial charge is 0.237 e. The van der Waals surface area contributed by atoms with Gasteiger partial charge in [0.25, 0.3) is 0 Å². The van der Waals surface area contributed by atoms with E-state index in [1.165, 1.54) is 12.8 Å². The molecule has 1 atom stereocenters. The summed E-state index contributed by atoms with van der Waals surface area (Å²) in [7, 11) is 0. The molecule has 1 aliphatic rings. The first kappa shape index (κ1) is 16.4. The largest absolute Gasteiger partial charge is 0.393 e. The molecule has 0 radical (unpaired) electrons. The van der Waals surface area contributed by atoms with Crippen molar-refractivity contribution in [2.45, 2.75) is 71.0 Å². The number of amides is 1. The van der Waals surface area contributed by atoms with E-state index in [0.717, 1.165) is 13.0 Å². The Morgan fingerprint density at radius 3 is 2.53 bits per heavy atom. The number of nitrogens with one attached hydrogen (secondary N) is 1. The number of hydrogen-bond acceptors (Lipinski definition) is 3. The lowest BCUT2D eigenvalue weighted by atomic mass is 10.0. The highest BCUT2D eigenvalue weighted by Crippen LogP contribution is 2.29. The molecule has 0 aromatic rings. The number of nitrogens with two attached hydrogens (primary N) is 1. The van der Waals surface area contributed by atoms with E-state index in [4.69, 9.17) is 18.0 Å². The highest BCUT2D eigenvalue weighted by molar-refractivity contribution is 7.80. The Balaban J connectivity index is 2.58. The molecule has 0 saturated heterocycles. The maximum absolute atomic E-state index is 12.3. The Bertz CT molecular complexity index is 340. The highest BCUT2D eigenvalue weighted by atomic mass is 32.1. The van der Waals surface area contributed by atoms with Crippen LogP contribution in [0.5, 0.6) is 0 Å². The summed E-state index contributed by atoms with van der Waals surface area (Å²) >= 11 is 4.93. The van der Waals surface area contributed by atoms with E-state index in [1.54, 1.807) is 0 Å². The van der Waals surface area contributed by atoms with Gasteiger partial charge in [0.2, 0.25) is 5.91 Å². The van der Waals surface area contributed by atoms with Crippen LogP contribution in [0, 0.1) is 0 Å². The molecule has 1 amide bonds. The first-order valence-corrected chi connectivity index (χ1v) is 7.53. The molecule has 0 aliphatic heterocycles.